The SMILES string of the molecule is O=C(c1n[nH]c2c1CCC2)N1CCC[C@@H](c2ccnc(=O)[nH]2)C1. The molecule has 0 bridgehead atoms. The molecule has 23 heavy (non-hydrogen) atoms. The van der Waals surface area contributed by atoms with E-state index in [0.29, 0.717) is 12.2 Å². The van der Waals surface area contributed by atoms with Crippen molar-refractivity contribution in [2.24, 2.45) is 0 Å². The van der Waals surface area contributed by atoms with E-state index in [9.17, 15) is 9.59 Å². The number of rotatable bonds is 2. The van der Waals surface area contributed by atoms with E-state index < -0.39 is 0 Å². The molecule has 1 aliphatic carbocycles. The fraction of sp³-hybridized carbons (Fsp3) is 0.500. The van der Waals surface area contributed by atoms with Crippen LogP contribution in [0.15, 0.2) is 17.1 Å². The molecule has 7 heteroatoms. The van der Waals surface area contributed by atoms with Gasteiger partial charge >= 0.3 is 5.69 Å². The first-order chi connectivity index (χ1) is 11.2. The van der Waals surface area contributed by atoms with Gasteiger partial charge in [0.25, 0.3) is 5.91 Å². The topological polar surface area (TPSA) is 94.7 Å². The van der Waals surface area contributed by atoms with Crippen molar-refractivity contribution in [3.05, 3.63) is 45.4 Å². The summed E-state index contributed by atoms with van der Waals surface area (Å²) in [6.07, 6.45) is 6.41. The molecule has 0 aromatic carbocycles. The molecule has 2 aromatic rings. The van der Waals surface area contributed by atoms with Crippen LogP contribution < -0.4 is 5.69 Å². The summed E-state index contributed by atoms with van der Waals surface area (Å²) in [5, 5.41) is 7.24. The van der Waals surface area contributed by atoms with Gasteiger partial charge in [0.15, 0.2) is 5.69 Å². The minimum Gasteiger partial charge on any atom is -0.337 e. The number of hydrogen-bond donors (Lipinski definition) is 2. The number of aryl methyl sites for hydroxylation is 1. The Bertz CT molecular complexity index is 794. The van der Waals surface area contributed by atoms with Gasteiger partial charge in [-0.05, 0) is 38.2 Å². The number of nitrogens with one attached hydrogen (secondary N) is 2. The van der Waals surface area contributed by atoms with Gasteiger partial charge in [-0.1, -0.05) is 0 Å². The van der Waals surface area contributed by atoms with Crippen LogP contribution in [-0.4, -0.2) is 44.1 Å². The second-order valence-electron chi connectivity index (χ2n) is 6.30. The summed E-state index contributed by atoms with van der Waals surface area (Å²) < 4.78 is 0. The van der Waals surface area contributed by atoms with E-state index in [-0.39, 0.29) is 17.5 Å². The van der Waals surface area contributed by atoms with Crippen LogP contribution in [0.3, 0.4) is 0 Å². The van der Waals surface area contributed by atoms with Crippen LogP contribution in [0.2, 0.25) is 0 Å². The summed E-state index contributed by atoms with van der Waals surface area (Å²) >= 11 is 0. The summed E-state index contributed by atoms with van der Waals surface area (Å²) in [6.45, 7) is 1.35. The number of H-pyrrole nitrogens is 2. The van der Waals surface area contributed by atoms with Gasteiger partial charge < -0.3 is 9.88 Å². The predicted molar refractivity (Wildman–Crippen MR) is 83.3 cm³/mol. The standard InChI is InChI=1S/C16H19N5O2/c22-15(14-11-4-1-5-13(11)19-20-14)21-8-2-3-10(9-21)12-6-7-17-16(23)18-12/h6-7,10H,1-5,8-9H2,(H,19,20)(H,17,18,23)/t10-/m1/s1. The molecule has 0 unspecified atom stereocenters. The van der Waals surface area contributed by atoms with Crippen LogP contribution in [0.25, 0.3) is 0 Å². The molecule has 2 N–H and O–H groups in total. The normalized spacial score (nSPS) is 20.5. The van der Waals surface area contributed by atoms with Crippen molar-refractivity contribution in [3.63, 3.8) is 0 Å². The lowest BCUT2D eigenvalue weighted by atomic mass is 9.94. The smallest absolute Gasteiger partial charge is 0.337 e. The summed E-state index contributed by atoms with van der Waals surface area (Å²) in [5.74, 6) is 0.154. The number of nitrogens with zero attached hydrogens (tertiary/aromatic N) is 3. The number of amides is 1. The van der Waals surface area contributed by atoms with E-state index in [2.05, 4.69) is 20.2 Å². The van der Waals surface area contributed by atoms with Gasteiger partial charge in [-0.3, -0.25) is 9.89 Å². The molecule has 1 fully saturated rings. The minimum absolute atomic E-state index is 0.00510. The van der Waals surface area contributed by atoms with E-state index in [1.165, 1.54) is 6.20 Å². The van der Waals surface area contributed by atoms with Crippen molar-refractivity contribution in [1.29, 1.82) is 0 Å². The Morgan fingerprint density at radius 2 is 2.22 bits per heavy atom. The van der Waals surface area contributed by atoms with Crippen molar-refractivity contribution in [2.75, 3.05) is 13.1 Å². The summed E-state index contributed by atoms with van der Waals surface area (Å²) in [6, 6.07) is 1.83. The second-order valence-corrected chi connectivity index (χ2v) is 6.30. The number of carbonyl (C=O) groups excluding carboxylic acids is 1. The lowest BCUT2D eigenvalue weighted by Gasteiger charge is -2.32. The molecule has 1 aliphatic heterocycles. The minimum atomic E-state index is -0.337. The van der Waals surface area contributed by atoms with E-state index in [0.717, 1.165) is 55.6 Å². The Labute approximate surface area is 133 Å². The van der Waals surface area contributed by atoms with Crippen molar-refractivity contribution < 1.29 is 4.79 Å². The van der Waals surface area contributed by atoms with Gasteiger partial charge in [-0.2, -0.15) is 5.10 Å². The average molecular weight is 313 g/mol. The molecular formula is C16H19N5O2. The zero-order valence-electron chi connectivity index (χ0n) is 12.8. The van der Waals surface area contributed by atoms with Gasteiger partial charge in [0.2, 0.25) is 0 Å². The molecule has 1 amide bonds. The van der Waals surface area contributed by atoms with Crippen LogP contribution in [0.1, 0.15) is 52.6 Å². The van der Waals surface area contributed by atoms with Crippen LogP contribution >= 0.6 is 0 Å². The maximum absolute atomic E-state index is 12.8. The van der Waals surface area contributed by atoms with Crippen molar-refractivity contribution in [3.8, 4) is 0 Å². The third-order valence-corrected chi connectivity index (χ3v) is 4.85. The van der Waals surface area contributed by atoms with Gasteiger partial charge in [0, 0.05) is 42.2 Å². The summed E-state index contributed by atoms with van der Waals surface area (Å²) in [7, 11) is 0. The van der Waals surface area contributed by atoms with E-state index in [4.69, 9.17) is 0 Å². The van der Waals surface area contributed by atoms with Gasteiger partial charge in [-0.15, -0.1) is 0 Å². The van der Waals surface area contributed by atoms with Crippen LogP contribution in [-0.2, 0) is 12.8 Å². The number of likely N-dealkylation sites (tertiary alicyclic amines) is 1. The highest BCUT2D eigenvalue weighted by Gasteiger charge is 2.30. The second kappa shape index (κ2) is 5.64. The molecule has 1 atom stereocenters. The molecule has 120 valence electrons. The Morgan fingerprint density at radius 1 is 1.30 bits per heavy atom. The molecule has 4 rings (SSSR count). The third-order valence-electron chi connectivity index (χ3n) is 4.85. The summed E-state index contributed by atoms with van der Waals surface area (Å²) in [4.78, 5) is 32.5. The quantitative estimate of drug-likeness (QED) is 0.865. The predicted octanol–water partition coefficient (Wildman–Crippen LogP) is 1.00. The maximum Gasteiger partial charge on any atom is 0.345 e. The number of aromatic amines is 2. The molecule has 3 heterocycles. The highest BCUT2D eigenvalue weighted by Crippen LogP contribution is 2.28. The number of hydrogen-bond acceptors (Lipinski definition) is 4. The third kappa shape index (κ3) is 2.56. The summed E-state index contributed by atoms with van der Waals surface area (Å²) in [5.41, 5.74) is 3.31. The zero-order valence-corrected chi connectivity index (χ0v) is 12.8. The van der Waals surface area contributed by atoms with Crippen molar-refractivity contribution >= 4 is 5.91 Å². The molecule has 1 saturated heterocycles. The highest BCUT2D eigenvalue weighted by atomic mass is 16.2. The van der Waals surface area contributed by atoms with E-state index in [1.807, 2.05) is 11.0 Å². The molecule has 2 aromatic heterocycles. The lowest BCUT2D eigenvalue weighted by molar-refractivity contribution is 0.0698. The van der Waals surface area contributed by atoms with Gasteiger partial charge in [0.05, 0.1) is 0 Å². The van der Waals surface area contributed by atoms with Gasteiger partial charge in [0.1, 0.15) is 0 Å². The number of piperidine rings is 1. The first-order valence-electron chi connectivity index (χ1n) is 8.13. The largest absolute Gasteiger partial charge is 0.345 e. The first kappa shape index (κ1) is 14.2. The number of carbonyl (C=O) groups is 1. The number of aromatic nitrogens is 4. The molecule has 0 saturated carbocycles. The maximum atomic E-state index is 12.8. The molecule has 7 nitrogen and oxygen atoms in total. The van der Waals surface area contributed by atoms with Crippen LogP contribution in [0, 0.1) is 0 Å². The average Bonchev–Trinajstić information content (AvgIpc) is 3.18. The fourth-order valence-electron chi connectivity index (χ4n) is 3.68. The highest BCUT2D eigenvalue weighted by molar-refractivity contribution is 5.94. The monoisotopic (exact) mass is 313 g/mol. The van der Waals surface area contributed by atoms with E-state index >= 15 is 0 Å². The fourth-order valence-corrected chi connectivity index (χ4v) is 3.68. The molecule has 0 spiro atoms. The molecular weight excluding hydrogens is 294 g/mol. The van der Waals surface area contributed by atoms with Crippen LogP contribution in [0.4, 0.5) is 0 Å². The number of fused-ring (bicyclic) bond motifs is 1. The van der Waals surface area contributed by atoms with Crippen molar-refractivity contribution in [2.45, 2.75) is 38.0 Å². The Morgan fingerprint density at radius 3 is 3.09 bits per heavy atom. The molecule has 0 radical (unpaired) electrons. The Balaban J connectivity index is 1.55. The van der Waals surface area contributed by atoms with E-state index in [1.54, 1.807) is 0 Å². The van der Waals surface area contributed by atoms with Crippen molar-refractivity contribution in [1.82, 2.24) is 25.1 Å². The Kier molecular flexibility index (Phi) is 3.48. The van der Waals surface area contributed by atoms with Crippen LogP contribution in [0.5, 0.6) is 0 Å². The Hall–Kier alpha value is -2.44. The lowest BCUT2D eigenvalue weighted by Crippen LogP contribution is -2.40. The first-order valence-corrected chi connectivity index (χ1v) is 8.13. The molecule has 2 aliphatic rings. The van der Waals surface area contributed by atoms with Gasteiger partial charge in [-0.25, -0.2) is 9.78 Å². The zero-order chi connectivity index (χ0) is 15.8.